The second-order valence-corrected chi connectivity index (χ2v) is 6.99. The maximum Gasteiger partial charge on any atom is 0.279 e. The Morgan fingerprint density at radius 3 is 2.72 bits per heavy atom. The molecule has 0 saturated heterocycles. The van der Waals surface area contributed by atoms with Gasteiger partial charge in [-0.15, -0.1) is 0 Å². The zero-order valence-corrected chi connectivity index (χ0v) is 16.8. The number of benzene rings is 2. The van der Waals surface area contributed by atoms with E-state index in [1.165, 1.54) is 0 Å². The number of unbranched alkanes of at least 4 members (excludes halogenated alkanes) is 1. The van der Waals surface area contributed by atoms with E-state index in [9.17, 15) is 9.59 Å². The SMILES string of the molecule is CCCC[NH+](CC(=O)Nc1ccccc1OC)Cc1nc2ccccc2c(=O)[nH]1. The highest BCUT2D eigenvalue weighted by Crippen LogP contribution is 2.22. The van der Waals surface area contributed by atoms with E-state index in [4.69, 9.17) is 4.74 Å². The van der Waals surface area contributed by atoms with Gasteiger partial charge in [-0.3, -0.25) is 9.59 Å². The summed E-state index contributed by atoms with van der Waals surface area (Å²) in [7, 11) is 1.57. The molecule has 29 heavy (non-hydrogen) atoms. The number of methoxy groups -OCH3 is 1. The number of carbonyl (C=O) groups is 1. The van der Waals surface area contributed by atoms with Crippen molar-refractivity contribution in [2.45, 2.75) is 26.3 Å². The number of aromatic nitrogens is 2. The van der Waals surface area contributed by atoms with Gasteiger partial charge in [-0.05, 0) is 30.7 Å². The number of amides is 1. The standard InChI is InChI=1S/C22H26N4O3/c1-3-4-13-26(15-21(27)24-18-11-7-8-12-19(18)29-2)14-20-23-17-10-6-5-9-16(17)22(28)25-20/h5-12H,3-4,13-15H2,1-2H3,(H,24,27)(H,23,25,28)/p+1. The Morgan fingerprint density at radius 2 is 1.93 bits per heavy atom. The van der Waals surface area contributed by atoms with Crippen molar-refractivity contribution < 1.29 is 14.4 Å². The highest BCUT2D eigenvalue weighted by atomic mass is 16.5. The van der Waals surface area contributed by atoms with E-state index in [1.54, 1.807) is 19.2 Å². The number of hydrogen-bond acceptors (Lipinski definition) is 4. The third-order valence-corrected chi connectivity index (χ3v) is 4.75. The summed E-state index contributed by atoms with van der Waals surface area (Å²) in [5.74, 6) is 1.10. The molecular formula is C22H27N4O3+. The number of anilines is 1. The lowest BCUT2D eigenvalue weighted by Crippen LogP contribution is -3.12. The Morgan fingerprint density at radius 1 is 1.17 bits per heavy atom. The van der Waals surface area contributed by atoms with Crippen LogP contribution in [0.5, 0.6) is 5.75 Å². The van der Waals surface area contributed by atoms with Crippen LogP contribution in [0.4, 0.5) is 5.69 Å². The smallest absolute Gasteiger partial charge is 0.279 e. The third kappa shape index (κ3) is 5.42. The van der Waals surface area contributed by atoms with Crippen molar-refractivity contribution in [3.05, 3.63) is 64.7 Å². The molecule has 0 aliphatic heterocycles. The van der Waals surface area contributed by atoms with Crippen LogP contribution >= 0.6 is 0 Å². The minimum atomic E-state index is -0.154. The summed E-state index contributed by atoms with van der Waals surface area (Å²) in [4.78, 5) is 33.4. The Hall–Kier alpha value is -3.19. The molecule has 0 spiro atoms. The maximum atomic E-state index is 12.6. The summed E-state index contributed by atoms with van der Waals surface area (Å²) in [5, 5.41) is 3.49. The van der Waals surface area contributed by atoms with Gasteiger partial charge in [0.2, 0.25) is 0 Å². The number of aromatic amines is 1. The number of ether oxygens (including phenoxy) is 1. The minimum absolute atomic E-state index is 0.108. The Balaban J connectivity index is 1.74. The van der Waals surface area contributed by atoms with Crippen LogP contribution in [0.2, 0.25) is 0 Å². The fourth-order valence-electron chi connectivity index (χ4n) is 3.29. The largest absolute Gasteiger partial charge is 0.495 e. The number of quaternary nitrogens is 1. The van der Waals surface area contributed by atoms with Crippen molar-refractivity contribution in [2.75, 3.05) is 25.5 Å². The number of fused-ring (bicyclic) bond motifs is 1. The van der Waals surface area contributed by atoms with Gasteiger partial charge in [0.1, 0.15) is 12.3 Å². The summed E-state index contributed by atoms with van der Waals surface area (Å²) in [6.45, 7) is 3.67. The molecular weight excluding hydrogens is 368 g/mol. The van der Waals surface area contributed by atoms with Gasteiger partial charge in [0, 0.05) is 0 Å². The van der Waals surface area contributed by atoms with E-state index in [2.05, 4.69) is 22.2 Å². The fraction of sp³-hybridized carbons (Fsp3) is 0.318. The average Bonchev–Trinajstić information content (AvgIpc) is 2.72. The molecule has 1 aromatic heterocycles. The molecule has 1 unspecified atom stereocenters. The summed E-state index contributed by atoms with van der Waals surface area (Å²) in [6.07, 6.45) is 2.01. The van der Waals surface area contributed by atoms with Crippen LogP contribution < -0.4 is 20.5 Å². The molecule has 1 amide bonds. The zero-order chi connectivity index (χ0) is 20.6. The quantitative estimate of drug-likeness (QED) is 0.515. The Kier molecular flexibility index (Phi) is 6.97. The predicted octanol–water partition coefficient (Wildman–Crippen LogP) is 1.76. The van der Waals surface area contributed by atoms with E-state index in [0.717, 1.165) is 24.3 Å². The van der Waals surface area contributed by atoms with E-state index in [0.29, 0.717) is 34.7 Å². The minimum Gasteiger partial charge on any atom is -0.495 e. The van der Waals surface area contributed by atoms with Gasteiger partial charge in [-0.2, -0.15) is 0 Å². The van der Waals surface area contributed by atoms with Gasteiger partial charge in [0.15, 0.2) is 12.4 Å². The topological polar surface area (TPSA) is 88.5 Å². The molecule has 3 rings (SSSR count). The van der Waals surface area contributed by atoms with Crippen molar-refractivity contribution in [3.63, 3.8) is 0 Å². The van der Waals surface area contributed by atoms with Crippen molar-refractivity contribution in [1.82, 2.24) is 9.97 Å². The molecule has 3 N–H and O–H groups in total. The molecule has 1 heterocycles. The second-order valence-electron chi connectivity index (χ2n) is 6.99. The molecule has 0 radical (unpaired) electrons. The Bertz CT molecular complexity index is 1030. The highest BCUT2D eigenvalue weighted by Gasteiger charge is 2.18. The van der Waals surface area contributed by atoms with Gasteiger partial charge in [0.25, 0.3) is 11.5 Å². The van der Waals surface area contributed by atoms with Crippen LogP contribution in [-0.4, -0.2) is 36.1 Å². The number of nitrogens with one attached hydrogen (secondary N) is 3. The second kappa shape index (κ2) is 9.84. The molecule has 3 aromatic rings. The van der Waals surface area contributed by atoms with Crippen LogP contribution in [0.3, 0.4) is 0 Å². The first kappa shape index (κ1) is 20.5. The zero-order valence-electron chi connectivity index (χ0n) is 16.8. The van der Waals surface area contributed by atoms with Crippen LogP contribution in [0.15, 0.2) is 53.3 Å². The molecule has 0 aliphatic carbocycles. The van der Waals surface area contributed by atoms with Gasteiger partial charge in [-0.25, -0.2) is 4.98 Å². The third-order valence-electron chi connectivity index (χ3n) is 4.75. The first-order chi connectivity index (χ1) is 14.1. The van der Waals surface area contributed by atoms with E-state index >= 15 is 0 Å². The number of carbonyl (C=O) groups excluding carboxylic acids is 1. The van der Waals surface area contributed by atoms with Crippen LogP contribution in [0.1, 0.15) is 25.6 Å². The number of H-pyrrole nitrogens is 1. The lowest BCUT2D eigenvalue weighted by molar-refractivity contribution is -0.906. The summed E-state index contributed by atoms with van der Waals surface area (Å²) < 4.78 is 5.29. The predicted molar refractivity (Wildman–Crippen MR) is 113 cm³/mol. The lowest BCUT2D eigenvalue weighted by Gasteiger charge is -2.19. The molecule has 0 aliphatic rings. The normalized spacial score (nSPS) is 11.9. The maximum absolute atomic E-state index is 12.6. The summed E-state index contributed by atoms with van der Waals surface area (Å²) in [5.41, 5.74) is 1.16. The van der Waals surface area contributed by atoms with E-state index in [1.807, 2.05) is 36.4 Å². The lowest BCUT2D eigenvalue weighted by atomic mass is 10.2. The average molecular weight is 395 g/mol. The highest BCUT2D eigenvalue weighted by molar-refractivity contribution is 5.92. The molecule has 7 nitrogen and oxygen atoms in total. The van der Waals surface area contributed by atoms with Crippen LogP contribution in [0, 0.1) is 0 Å². The van der Waals surface area contributed by atoms with Crippen LogP contribution in [-0.2, 0) is 11.3 Å². The number of rotatable bonds is 9. The molecule has 152 valence electrons. The van der Waals surface area contributed by atoms with Gasteiger partial charge < -0.3 is 19.9 Å². The van der Waals surface area contributed by atoms with Gasteiger partial charge in [0.05, 0.1) is 30.2 Å². The first-order valence-corrected chi connectivity index (χ1v) is 9.85. The molecule has 1 atom stereocenters. The van der Waals surface area contributed by atoms with Crippen molar-refractivity contribution >= 4 is 22.5 Å². The molecule has 0 fully saturated rings. The molecule has 0 saturated carbocycles. The van der Waals surface area contributed by atoms with Crippen molar-refractivity contribution in [3.8, 4) is 5.75 Å². The monoisotopic (exact) mass is 395 g/mol. The molecule has 7 heteroatoms. The number of nitrogens with zero attached hydrogens (tertiary/aromatic N) is 1. The van der Waals surface area contributed by atoms with Crippen molar-refractivity contribution in [2.24, 2.45) is 0 Å². The van der Waals surface area contributed by atoms with E-state index in [-0.39, 0.29) is 18.0 Å². The number of hydrogen-bond donors (Lipinski definition) is 3. The number of para-hydroxylation sites is 3. The molecule has 2 aromatic carbocycles. The summed E-state index contributed by atoms with van der Waals surface area (Å²) in [6, 6.07) is 14.6. The summed E-state index contributed by atoms with van der Waals surface area (Å²) >= 11 is 0. The van der Waals surface area contributed by atoms with Gasteiger partial charge >= 0.3 is 0 Å². The Labute approximate surface area is 169 Å². The fourth-order valence-corrected chi connectivity index (χ4v) is 3.29. The molecule has 0 bridgehead atoms. The van der Waals surface area contributed by atoms with Crippen molar-refractivity contribution in [1.29, 1.82) is 0 Å². The first-order valence-electron chi connectivity index (χ1n) is 9.85. The van der Waals surface area contributed by atoms with Gasteiger partial charge in [-0.1, -0.05) is 37.6 Å². The van der Waals surface area contributed by atoms with Crippen LogP contribution in [0.25, 0.3) is 10.9 Å². The van der Waals surface area contributed by atoms with E-state index < -0.39 is 0 Å².